The molecule has 42 heavy (non-hydrogen) atoms. The van der Waals surface area contributed by atoms with Crippen LogP contribution in [0.3, 0.4) is 0 Å². The van der Waals surface area contributed by atoms with Crippen molar-refractivity contribution in [2.45, 2.75) is 58.7 Å². The first kappa shape index (κ1) is 28.7. The van der Waals surface area contributed by atoms with Crippen molar-refractivity contribution < 1.29 is 14.3 Å². The Balaban J connectivity index is 1.45. The molecular weight excluding hydrogens is 526 g/mol. The molecule has 0 saturated heterocycles. The van der Waals surface area contributed by atoms with E-state index in [1.54, 1.807) is 12.5 Å². The fraction of sp³-hybridized carbons (Fsp3) is 0.265. The van der Waals surface area contributed by atoms with Gasteiger partial charge in [-0.25, -0.2) is 19.7 Å². The molecule has 0 unspecified atom stereocenters. The number of benzene rings is 3. The highest BCUT2D eigenvalue weighted by Crippen LogP contribution is 2.33. The van der Waals surface area contributed by atoms with Crippen LogP contribution in [0.4, 0.5) is 4.79 Å². The molecule has 8 nitrogen and oxygen atoms in total. The van der Waals surface area contributed by atoms with Crippen molar-refractivity contribution in [3.8, 4) is 22.5 Å². The zero-order valence-corrected chi connectivity index (χ0v) is 24.2. The molecule has 3 aromatic carbocycles. The lowest BCUT2D eigenvalue weighted by Crippen LogP contribution is -2.32. The zero-order chi connectivity index (χ0) is 29.5. The van der Waals surface area contributed by atoms with Crippen LogP contribution in [-0.2, 0) is 17.8 Å². The molecular formula is C34H35N5O3. The average molecular weight is 562 g/mol. The van der Waals surface area contributed by atoms with Gasteiger partial charge in [0.1, 0.15) is 5.60 Å². The fourth-order valence-corrected chi connectivity index (χ4v) is 4.74. The number of ketones is 1. The van der Waals surface area contributed by atoms with Gasteiger partial charge in [0.2, 0.25) is 0 Å². The van der Waals surface area contributed by atoms with Gasteiger partial charge in [-0.05, 0) is 57.4 Å². The van der Waals surface area contributed by atoms with Gasteiger partial charge in [0.15, 0.2) is 5.78 Å². The lowest BCUT2D eigenvalue weighted by atomic mass is 9.98. The van der Waals surface area contributed by atoms with Gasteiger partial charge >= 0.3 is 6.09 Å². The molecule has 0 aliphatic heterocycles. The Labute approximate surface area is 245 Å². The molecule has 0 radical (unpaired) electrons. The van der Waals surface area contributed by atoms with Gasteiger partial charge in [0.25, 0.3) is 0 Å². The second-order valence-corrected chi connectivity index (χ2v) is 11.2. The van der Waals surface area contributed by atoms with Gasteiger partial charge in [0, 0.05) is 48.6 Å². The summed E-state index contributed by atoms with van der Waals surface area (Å²) in [7, 11) is 0. The number of imidazole rings is 1. The normalized spacial score (nSPS) is 11.4. The van der Waals surface area contributed by atoms with Crippen molar-refractivity contribution in [2.75, 3.05) is 0 Å². The van der Waals surface area contributed by atoms with Crippen molar-refractivity contribution in [1.29, 1.82) is 0 Å². The predicted molar refractivity (Wildman–Crippen MR) is 164 cm³/mol. The molecule has 1 amide bonds. The van der Waals surface area contributed by atoms with E-state index in [4.69, 9.17) is 14.7 Å². The van der Waals surface area contributed by atoms with Crippen LogP contribution in [0.15, 0.2) is 91.5 Å². The molecule has 5 aromatic rings. The summed E-state index contributed by atoms with van der Waals surface area (Å²) in [4.78, 5) is 39.6. The summed E-state index contributed by atoms with van der Waals surface area (Å²) >= 11 is 0. The Bertz CT molecular complexity index is 1680. The summed E-state index contributed by atoms with van der Waals surface area (Å²) in [5.41, 5.74) is 5.43. The molecule has 2 heterocycles. The van der Waals surface area contributed by atoms with Crippen LogP contribution in [-0.4, -0.2) is 37.0 Å². The van der Waals surface area contributed by atoms with Crippen LogP contribution >= 0.6 is 0 Å². The number of fused-ring (bicyclic) bond motifs is 1. The lowest BCUT2D eigenvalue weighted by Gasteiger charge is -2.20. The van der Waals surface area contributed by atoms with Gasteiger partial charge < -0.3 is 14.6 Å². The van der Waals surface area contributed by atoms with Crippen LogP contribution in [0.2, 0.25) is 0 Å². The van der Waals surface area contributed by atoms with E-state index in [0.717, 1.165) is 41.8 Å². The molecule has 0 aliphatic rings. The number of alkyl carbamates (subject to hydrolysis) is 1. The number of Topliss-reactive ketones (excluding diaryl/α,β-unsaturated/α-hetero) is 1. The molecule has 2 aromatic heterocycles. The van der Waals surface area contributed by atoms with Crippen molar-refractivity contribution in [2.24, 2.45) is 0 Å². The second kappa shape index (κ2) is 12.8. The largest absolute Gasteiger partial charge is 0.444 e. The molecule has 5 rings (SSSR count). The predicted octanol–water partition coefficient (Wildman–Crippen LogP) is 7.24. The minimum absolute atomic E-state index is 0.0833. The number of hydrogen-bond donors (Lipinski definition) is 1. The Morgan fingerprint density at radius 1 is 0.881 bits per heavy atom. The van der Waals surface area contributed by atoms with E-state index in [1.807, 2.05) is 104 Å². The minimum Gasteiger partial charge on any atom is -0.444 e. The van der Waals surface area contributed by atoms with Gasteiger partial charge in [0.05, 0.1) is 28.7 Å². The number of carbonyl (C=O) groups excluding carboxylic acids is 2. The van der Waals surface area contributed by atoms with E-state index in [1.165, 1.54) is 0 Å². The number of carbonyl (C=O) groups is 2. The molecule has 214 valence electrons. The number of hydrogen-bond acceptors (Lipinski definition) is 6. The number of unbranched alkanes of at least 4 members (excludes halogenated alkanes) is 1. The Morgan fingerprint density at radius 3 is 2.40 bits per heavy atom. The van der Waals surface area contributed by atoms with Crippen molar-refractivity contribution in [3.05, 3.63) is 103 Å². The minimum atomic E-state index is -0.594. The number of nitrogens with zero attached hydrogens (tertiary/aromatic N) is 4. The zero-order valence-electron chi connectivity index (χ0n) is 24.2. The van der Waals surface area contributed by atoms with Crippen molar-refractivity contribution in [1.82, 2.24) is 24.8 Å². The Hall–Kier alpha value is -4.85. The van der Waals surface area contributed by atoms with E-state index in [-0.39, 0.29) is 12.3 Å². The van der Waals surface area contributed by atoms with Crippen LogP contribution in [0, 0.1) is 0 Å². The molecule has 1 N–H and O–H groups in total. The molecule has 0 atom stereocenters. The van der Waals surface area contributed by atoms with E-state index < -0.39 is 11.7 Å². The van der Waals surface area contributed by atoms with E-state index in [0.29, 0.717) is 28.7 Å². The fourth-order valence-electron chi connectivity index (χ4n) is 4.74. The van der Waals surface area contributed by atoms with Gasteiger partial charge in [-0.2, -0.15) is 0 Å². The monoisotopic (exact) mass is 561 g/mol. The first-order valence-electron chi connectivity index (χ1n) is 14.2. The maximum absolute atomic E-state index is 13.1. The number of aromatic nitrogens is 4. The molecule has 0 spiro atoms. The SMILES string of the molecule is CC(C)(C)OC(=O)NCc1ccccc1-c1nc2cc(C(=O)CCCCn3ccnc3)ccc2nc1-c1ccccc1. The lowest BCUT2D eigenvalue weighted by molar-refractivity contribution is 0.0523. The maximum atomic E-state index is 13.1. The smallest absolute Gasteiger partial charge is 0.407 e. The highest BCUT2D eigenvalue weighted by Gasteiger charge is 2.19. The van der Waals surface area contributed by atoms with Gasteiger partial charge in [-0.1, -0.05) is 54.6 Å². The van der Waals surface area contributed by atoms with E-state index >= 15 is 0 Å². The highest BCUT2D eigenvalue weighted by atomic mass is 16.6. The summed E-state index contributed by atoms with van der Waals surface area (Å²) in [6, 6.07) is 23.2. The standard InChI is InChI=1S/C34H35N5O3/c1-34(2,3)42-33(41)36-22-26-13-7-8-14-27(26)32-31(24-11-5-4-6-12-24)37-28-17-16-25(21-29(28)38-32)30(40)15-9-10-19-39-20-18-35-23-39/h4-8,11-14,16-18,20-21,23H,9-10,15,19,22H2,1-3H3,(H,36,41). The third-order valence-corrected chi connectivity index (χ3v) is 6.76. The Kier molecular flexibility index (Phi) is 8.71. The number of nitrogens with one attached hydrogen (secondary N) is 1. The molecule has 0 saturated carbocycles. The number of aryl methyl sites for hydroxylation is 1. The van der Waals surface area contributed by atoms with E-state index in [9.17, 15) is 9.59 Å². The topological polar surface area (TPSA) is 99.0 Å². The number of rotatable bonds is 10. The van der Waals surface area contributed by atoms with Gasteiger partial charge in [-0.3, -0.25) is 4.79 Å². The highest BCUT2D eigenvalue weighted by molar-refractivity contribution is 5.99. The second-order valence-electron chi connectivity index (χ2n) is 11.2. The molecule has 0 aliphatic carbocycles. The third kappa shape index (κ3) is 7.26. The third-order valence-electron chi connectivity index (χ3n) is 6.76. The van der Waals surface area contributed by atoms with Gasteiger partial charge in [-0.15, -0.1) is 0 Å². The molecule has 8 heteroatoms. The summed E-state index contributed by atoms with van der Waals surface area (Å²) in [6.45, 7) is 6.59. The van der Waals surface area contributed by atoms with Crippen LogP contribution in [0.1, 0.15) is 56.0 Å². The van der Waals surface area contributed by atoms with Crippen LogP contribution < -0.4 is 5.32 Å². The number of ether oxygens (including phenoxy) is 1. The number of amides is 1. The summed E-state index contributed by atoms with van der Waals surface area (Å²) in [6.07, 6.45) is 7.13. The first-order valence-corrected chi connectivity index (χ1v) is 14.2. The first-order chi connectivity index (χ1) is 20.3. The van der Waals surface area contributed by atoms with Crippen LogP contribution in [0.25, 0.3) is 33.5 Å². The molecule has 0 bridgehead atoms. The van der Waals surface area contributed by atoms with E-state index in [2.05, 4.69) is 10.3 Å². The molecule has 0 fully saturated rings. The summed E-state index contributed by atoms with van der Waals surface area (Å²) < 4.78 is 7.45. The average Bonchev–Trinajstić information content (AvgIpc) is 3.51. The maximum Gasteiger partial charge on any atom is 0.407 e. The summed E-state index contributed by atoms with van der Waals surface area (Å²) in [5, 5.41) is 2.86. The van der Waals surface area contributed by atoms with Crippen molar-refractivity contribution >= 4 is 22.9 Å². The van der Waals surface area contributed by atoms with Crippen molar-refractivity contribution in [3.63, 3.8) is 0 Å². The quantitative estimate of drug-likeness (QED) is 0.143. The Morgan fingerprint density at radius 2 is 1.64 bits per heavy atom. The van der Waals surface area contributed by atoms with Crippen LogP contribution in [0.5, 0.6) is 0 Å². The summed E-state index contributed by atoms with van der Waals surface area (Å²) in [5.74, 6) is 0.0833.